The Morgan fingerprint density at radius 1 is 0.957 bits per heavy atom. The first-order valence-electron chi connectivity index (χ1n) is 8.03. The van der Waals surface area contributed by atoms with Gasteiger partial charge in [-0.2, -0.15) is 0 Å². The highest BCUT2D eigenvalue weighted by atomic mass is 16.6. The van der Waals surface area contributed by atoms with E-state index < -0.39 is 0 Å². The van der Waals surface area contributed by atoms with Gasteiger partial charge < -0.3 is 14.9 Å². The molecule has 4 aromatic rings. The summed E-state index contributed by atoms with van der Waals surface area (Å²) in [6.45, 7) is 0. The molecule has 1 saturated heterocycles. The maximum absolute atomic E-state index is 10.9. The van der Waals surface area contributed by atoms with Gasteiger partial charge in [-0.15, -0.1) is 0 Å². The fourth-order valence-corrected chi connectivity index (χ4v) is 4.52. The van der Waals surface area contributed by atoms with E-state index in [0.29, 0.717) is 11.5 Å². The first-order chi connectivity index (χ1) is 11.2. The number of ether oxygens (including phenoxy) is 1. The second kappa shape index (κ2) is 3.69. The number of benzene rings is 4. The van der Waals surface area contributed by atoms with E-state index in [-0.39, 0.29) is 17.6 Å². The Labute approximate surface area is 132 Å². The fourth-order valence-electron chi connectivity index (χ4n) is 4.52. The minimum absolute atomic E-state index is 0.108. The van der Waals surface area contributed by atoms with Crippen molar-refractivity contribution in [2.75, 3.05) is 0 Å². The Morgan fingerprint density at radius 3 is 2.74 bits per heavy atom. The van der Waals surface area contributed by atoms with Crippen molar-refractivity contribution in [2.45, 2.75) is 25.0 Å². The molecule has 3 heteroatoms. The van der Waals surface area contributed by atoms with Gasteiger partial charge in [0.2, 0.25) is 0 Å². The summed E-state index contributed by atoms with van der Waals surface area (Å²) in [7, 11) is 0. The molecule has 6 rings (SSSR count). The van der Waals surface area contributed by atoms with Gasteiger partial charge in [0.1, 0.15) is 17.6 Å². The molecular weight excluding hydrogens is 288 g/mol. The van der Waals surface area contributed by atoms with E-state index in [9.17, 15) is 10.2 Å². The van der Waals surface area contributed by atoms with Gasteiger partial charge in [0.25, 0.3) is 0 Å². The van der Waals surface area contributed by atoms with Crippen LogP contribution in [0.2, 0.25) is 0 Å². The summed E-state index contributed by atoms with van der Waals surface area (Å²) in [5.74, 6) is 0.387. The summed E-state index contributed by atoms with van der Waals surface area (Å²) < 4.78 is 5.81. The molecule has 2 atom stereocenters. The molecule has 1 aliphatic heterocycles. The summed E-state index contributed by atoms with van der Waals surface area (Å²) in [6, 6.07) is 12.1. The minimum atomic E-state index is 0.108. The van der Waals surface area contributed by atoms with E-state index in [0.717, 1.165) is 50.9 Å². The van der Waals surface area contributed by atoms with Crippen molar-refractivity contribution in [3.8, 4) is 11.5 Å². The van der Waals surface area contributed by atoms with E-state index in [4.69, 9.17) is 4.74 Å². The van der Waals surface area contributed by atoms with Crippen molar-refractivity contribution < 1.29 is 14.9 Å². The first kappa shape index (κ1) is 12.0. The number of fused-ring (bicyclic) bond motifs is 4. The zero-order valence-corrected chi connectivity index (χ0v) is 12.3. The molecule has 0 unspecified atom stereocenters. The molecule has 0 amide bonds. The van der Waals surface area contributed by atoms with Crippen LogP contribution in [-0.2, 0) is 11.2 Å². The molecule has 0 saturated carbocycles. The second-order valence-electron chi connectivity index (χ2n) is 6.71. The molecule has 2 aliphatic rings. The second-order valence-corrected chi connectivity index (χ2v) is 6.71. The number of phenolic OH excluding ortho intramolecular Hbond substituents is 2. The number of aromatic hydroxyl groups is 2. The first-order valence-corrected chi connectivity index (χ1v) is 8.03. The highest BCUT2D eigenvalue weighted by molar-refractivity contribution is 6.26. The number of epoxide rings is 1. The Morgan fingerprint density at radius 2 is 1.83 bits per heavy atom. The van der Waals surface area contributed by atoms with E-state index in [1.807, 2.05) is 12.1 Å². The lowest BCUT2D eigenvalue weighted by Crippen LogP contribution is -2.06. The molecule has 2 N–H and O–H groups in total. The maximum atomic E-state index is 10.9. The molecule has 1 heterocycles. The summed E-state index contributed by atoms with van der Waals surface area (Å²) >= 11 is 0. The number of rotatable bonds is 0. The van der Waals surface area contributed by atoms with Crippen LogP contribution in [-0.4, -0.2) is 16.3 Å². The van der Waals surface area contributed by atoms with Crippen LogP contribution in [0, 0.1) is 0 Å². The molecule has 1 aliphatic carbocycles. The highest BCUT2D eigenvalue weighted by Crippen LogP contribution is 2.55. The largest absolute Gasteiger partial charge is 0.507 e. The molecule has 0 radical (unpaired) electrons. The monoisotopic (exact) mass is 302 g/mol. The van der Waals surface area contributed by atoms with Gasteiger partial charge in [-0.05, 0) is 46.0 Å². The van der Waals surface area contributed by atoms with Crippen molar-refractivity contribution in [3.63, 3.8) is 0 Å². The zero-order valence-electron chi connectivity index (χ0n) is 12.3. The molecule has 1 fully saturated rings. The van der Waals surface area contributed by atoms with Crippen molar-refractivity contribution in [3.05, 3.63) is 47.5 Å². The van der Waals surface area contributed by atoms with Crippen LogP contribution in [0.15, 0.2) is 36.4 Å². The maximum Gasteiger partial charge on any atom is 0.130 e. The van der Waals surface area contributed by atoms with Crippen LogP contribution >= 0.6 is 0 Å². The lowest BCUT2D eigenvalue weighted by Gasteiger charge is -2.21. The Hall–Kier alpha value is -2.52. The number of phenols is 2. The summed E-state index contributed by atoms with van der Waals surface area (Å²) in [4.78, 5) is 0. The molecule has 0 aromatic heterocycles. The van der Waals surface area contributed by atoms with Crippen LogP contribution in [0.4, 0.5) is 0 Å². The predicted octanol–water partition coefficient (Wildman–Crippen LogP) is 4.38. The summed E-state index contributed by atoms with van der Waals surface area (Å²) in [5.41, 5.74) is 2.08. The molecule has 0 bridgehead atoms. The quantitative estimate of drug-likeness (QED) is 0.374. The normalized spacial score (nSPS) is 22.6. The van der Waals surface area contributed by atoms with Crippen molar-refractivity contribution >= 4 is 32.3 Å². The van der Waals surface area contributed by atoms with E-state index in [1.54, 1.807) is 6.07 Å². The fraction of sp³-hybridized carbons (Fsp3) is 0.200. The van der Waals surface area contributed by atoms with Gasteiger partial charge in [0, 0.05) is 10.9 Å². The van der Waals surface area contributed by atoms with E-state index >= 15 is 0 Å². The summed E-state index contributed by atoms with van der Waals surface area (Å²) in [6.07, 6.45) is 2.16. The van der Waals surface area contributed by atoms with Gasteiger partial charge in [-0.3, -0.25) is 0 Å². The Kier molecular flexibility index (Phi) is 1.92. The lowest BCUT2D eigenvalue weighted by atomic mass is 9.82. The van der Waals surface area contributed by atoms with Gasteiger partial charge in [-0.1, -0.05) is 30.3 Å². The third-order valence-corrected chi connectivity index (χ3v) is 5.56. The van der Waals surface area contributed by atoms with Gasteiger partial charge in [0.15, 0.2) is 0 Å². The molecule has 0 spiro atoms. The van der Waals surface area contributed by atoms with Crippen molar-refractivity contribution in [1.82, 2.24) is 0 Å². The topological polar surface area (TPSA) is 53.0 Å². The number of hydrogen-bond acceptors (Lipinski definition) is 3. The van der Waals surface area contributed by atoms with Crippen LogP contribution in [0.1, 0.15) is 23.7 Å². The third kappa shape index (κ3) is 1.31. The van der Waals surface area contributed by atoms with E-state index in [1.165, 1.54) is 0 Å². The predicted molar refractivity (Wildman–Crippen MR) is 89.4 cm³/mol. The lowest BCUT2D eigenvalue weighted by molar-refractivity contribution is 0.373. The molecule has 3 nitrogen and oxygen atoms in total. The molecule has 23 heavy (non-hydrogen) atoms. The van der Waals surface area contributed by atoms with Gasteiger partial charge >= 0.3 is 0 Å². The van der Waals surface area contributed by atoms with Crippen LogP contribution < -0.4 is 0 Å². The number of hydrogen-bond donors (Lipinski definition) is 2. The SMILES string of the molecule is Oc1cc2cccc3ccc4c5c(c(O)c1c4c32)CC[C@@H]1O[C@H]51. The van der Waals surface area contributed by atoms with Crippen LogP contribution in [0.3, 0.4) is 0 Å². The van der Waals surface area contributed by atoms with Crippen LogP contribution in [0.5, 0.6) is 11.5 Å². The average Bonchev–Trinajstić information content (AvgIpc) is 3.34. The van der Waals surface area contributed by atoms with Crippen molar-refractivity contribution in [1.29, 1.82) is 0 Å². The highest BCUT2D eigenvalue weighted by Gasteiger charge is 2.46. The molecule has 4 aromatic carbocycles. The third-order valence-electron chi connectivity index (χ3n) is 5.56. The smallest absolute Gasteiger partial charge is 0.130 e. The minimum Gasteiger partial charge on any atom is -0.507 e. The van der Waals surface area contributed by atoms with Crippen molar-refractivity contribution in [2.24, 2.45) is 0 Å². The summed E-state index contributed by atoms with van der Waals surface area (Å²) in [5, 5.41) is 27.3. The van der Waals surface area contributed by atoms with Gasteiger partial charge in [-0.25, -0.2) is 0 Å². The van der Waals surface area contributed by atoms with Gasteiger partial charge in [0.05, 0.1) is 11.5 Å². The zero-order chi connectivity index (χ0) is 15.3. The Balaban J connectivity index is 1.96. The average molecular weight is 302 g/mol. The molecule has 112 valence electrons. The van der Waals surface area contributed by atoms with E-state index in [2.05, 4.69) is 18.2 Å². The Bertz CT molecular complexity index is 1130. The standard InChI is InChI=1S/C20H14O3/c21-13-8-10-3-1-2-9-4-5-11-16-12(6-7-14-20(16)23-14)19(22)18(13)17(11)15(9)10/h1-5,8,14,20-22H,6-7H2/t14-,20-/m0/s1. The van der Waals surface area contributed by atoms with Crippen LogP contribution in [0.25, 0.3) is 32.3 Å². The molecular formula is C20H14O3.